The molecule has 1 amide bonds. The van der Waals surface area contributed by atoms with Crippen molar-refractivity contribution in [1.82, 2.24) is 5.32 Å². The van der Waals surface area contributed by atoms with Gasteiger partial charge in [0.15, 0.2) is 0 Å². The van der Waals surface area contributed by atoms with Crippen LogP contribution < -0.4 is 5.32 Å². The molecule has 1 atom stereocenters. The second kappa shape index (κ2) is 10.5. The number of rotatable bonds is 11. The molecule has 0 saturated carbocycles. The minimum Gasteiger partial charge on any atom is -0.349 e. The van der Waals surface area contributed by atoms with Gasteiger partial charge in [-0.05, 0) is 30.4 Å². The highest BCUT2D eigenvalue weighted by atomic mass is 16.1. The Balaban J connectivity index is 1.51. The predicted molar refractivity (Wildman–Crippen MR) is 97.5 cm³/mol. The first-order valence-electron chi connectivity index (χ1n) is 9.68. The molecule has 0 unspecified atom stereocenters. The average Bonchev–Trinajstić information content (AvgIpc) is 2.96. The first-order valence-corrected chi connectivity index (χ1v) is 9.68. The Morgan fingerprint density at radius 2 is 1.65 bits per heavy atom. The zero-order chi connectivity index (χ0) is 16.3. The first-order chi connectivity index (χ1) is 11.3. The summed E-state index contributed by atoms with van der Waals surface area (Å²) < 4.78 is 0. The van der Waals surface area contributed by atoms with Crippen molar-refractivity contribution in [2.24, 2.45) is 0 Å². The van der Waals surface area contributed by atoms with Crippen LogP contribution >= 0.6 is 0 Å². The van der Waals surface area contributed by atoms with Crippen LogP contribution in [-0.4, -0.2) is 5.91 Å². The Morgan fingerprint density at radius 1 is 1.00 bits per heavy atom. The maximum Gasteiger partial charge on any atom is 0.220 e. The number of carbonyl (C=O) groups excluding carboxylic acids is 1. The molecule has 1 N–H and O–H groups in total. The molecule has 0 aliphatic heterocycles. The number of benzene rings is 1. The number of hydrogen-bond acceptors (Lipinski definition) is 1. The van der Waals surface area contributed by atoms with Crippen LogP contribution in [0.3, 0.4) is 0 Å². The molecule has 2 heteroatoms. The fourth-order valence-electron chi connectivity index (χ4n) is 3.57. The summed E-state index contributed by atoms with van der Waals surface area (Å²) in [4.78, 5) is 12.1. The second-order valence-corrected chi connectivity index (χ2v) is 6.94. The van der Waals surface area contributed by atoms with Gasteiger partial charge in [-0.3, -0.25) is 4.79 Å². The van der Waals surface area contributed by atoms with Crippen LogP contribution in [0.1, 0.15) is 94.7 Å². The Morgan fingerprint density at radius 3 is 2.39 bits per heavy atom. The molecule has 1 aromatic carbocycles. The summed E-state index contributed by atoms with van der Waals surface area (Å²) in [7, 11) is 0. The van der Waals surface area contributed by atoms with E-state index in [1.54, 1.807) is 0 Å². The fraction of sp³-hybridized carbons (Fsp3) is 0.667. The largest absolute Gasteiger partial charge is 0.349 e. The minimum absolute atomic E-state index is 0.231. The number of nitrogens with one attached hydrogen (secondary N) is 1. The summed E-state index contributed by atoms with van der Waals surface area (Å²) in [6, 6.07) is 8.75. The molecule has 2 rings (SSSR count). The quantitative estimate of drug-likeness (QED) is 0.521. The smallest absolute Gasteiger partial charge is 0.220 e. The van der Waals surface area contributed by atoms with E-state index in [0.717, 1.165) is 19.3 Å². The van der Waals surface area contributed by atoms with E-state index in [-0.39, 0.29) is 11.9 Å². The molecule has 1 aromatic rings. The van der Waals surface area contributed by atoms with Gasteiger partial charge in [-0.1, -0.05) is 82.6 Å². The van der Waals surface area contributed by atoms with Gasteiger partial charge in [0.1, 0.15) is 0 Å². The van der Waals surface area contributed by atoms with Crippen molar-refractivity contribution in [2.75, 3.05) is 0 Å². The zero-order valence-corrected chi connectivity index (χ0v) is 14.8. The molecule has 0 spiro atoms. The van der Waals surface area contributed by atoms with E-state index >= 15 is 0 Å². The van der Waals surface area contributed by atoms with E-state index in [4.69, 9.17) is 0 Å². The van der Waals surface area contributed by atoms with Gasteiger partial charge in [-0.15, -0.1) is 0 Å². The van der Waals surface area contributed by atoms with Gasteiger partial charge >= 0.3 is 0 Å². The molecule has 0 bridgehead atoms. The Bertz CT molecular complexity index is 469. The minimum atomic E-state index is 0.231. The lowest BCUT2D eigenvalue weighted by Gasteiger charge is -2.14. The Labute approximate surface area is 142 Å². The maximum atomic E-state index is 12.1. The topological polar surface area (TPSA) is 29.1 Å². The van der Waals surface area contributed by atoms with Crippen molar-refractivity contribution < 1.29 is 4.79 Å². The van der Waals surface area contributed by atoms with Gasteiger partial charge in [0.25, 0.3) is 0 Å². The van der Waals surface area contributed by atoms with Crippen LogP contribution in [0.15, 0.2) is 24.3 Å². The Hall–Kier alpha value is -1.31. The summed E-state index contributed by atoms with van der Waals surface area (Å²) in [6.45, 7) is 2.26. The lowest BCUT2D eigenvalue weighted by atomic mass is 10.1. The van der Waals surface area contributed by atoms with E-state index in [1.165, 1.54) is 62.5 Å². The summed E-state index contributed by atoms with van der Waals surface area (Å²) in [5.41, 5.74) is 2.73. The van der Waals surface area contributed by atoms with Gasteiger partial charge in [0.05, 0.1) is 6.04 Å². The van der Waals surface area contributed by atoms with E-state index in [1.807, 2.05) is 0 Å². The summed E-state index contributed by atoms with van der Waals surface area (Å²) in [5.74, 6) is 0.231. The predicted octanol–water partition coefficient (Wildman–Crippen LogP) is 5.71. The molecule has 1 aliphatic rings. The van der Waals surface area contributed by atoms with Crippen LogP contribution in [0.5, 0.6) is 0 Å². The number of unbranched alkanes of at least 4 members (excludes halogenated alkanes) is 8. The lowest BCUT2D eigenvalue weighted by Crippen LogP contribution is -2.26. The lowest BCUT2D eigenvalue weighted by molar-refractivity contribution is -0.121. The molecule has 2 nitrogen and oxygen atoms in total. The van der Waals surface area contributed by atoms with Gasteiger partial charge < -0.3 is 5.32 Å². The average molecular weight is 316 g/mol. The molecule has 0 radical (unpaired) electrons. The van der Waals surface area contributed by atoms with Gasteiger partial charge in [-0.2, -0.15) is 0 Å². The van der Waals surface area contributed by atoms with E-state index in [0.29, 0.717) is 6.42 Å². The van der Waals surface area contributed by atoms with Gasteiger partial charge in [-0.25, -0.2) is 0 Å². The monoisotopic (exact) mass is 315 g/mol. The number of amides is 1. The third kappa shape index (κ3) is 6.37. The van der Waals surface area contributed by atoms with Crippen molar-refractivity contribution in [2.45, 2.75) is 90.0 Å². The normalized spacial score (nSPS) is 16.3. The molecular weight excluding hydrogens is 282 g/mol. The number of hydrogen-bond donors (Lipinski definition) is 1. The van der Waals surface area contributed by atoms with Crippen LogP contribution in [-0.2, 0) is 11.2 Å². The molecule has 1 aliphatic carbocycles. The molecular formula is C21H33NO. The summed E-state index contributed by atoms with van der Waals surface area (Å²) in [5, 5.41) is 3.22. The molecule has 0 heterocycles. The highest BCUT2D eigenvalue weighted by molar-refractivity contribution is 5.76. The molecule has 23 heavy (non-hydrogen) atoms. The van der Waals surface area contributed by atoms with Crippen LogP contribution in [0, 0.1) is 0 Å². The molecule has 128 valence electrons. The van der Waals surface area contributed by atoms with E-state index < -0.39 is 0 Å². The molecule has 0 fully saturated rings. The Kier molecular flexibility index (Phi) is 8.20. The standard InChI is InChI=1S/C21H33NO/c1-2-3-4-5-6-7-8-9-10-15-21(23)22-20-17-16-18-13-11-12-14-19(18)20/h11-14,20H,2-10,15-17H2,1H3,(H,22,23)/t20-/m0/s1. The van der Waals surface area contributed by atoms with Crippen molar-refractivity contribution in [3.8, 4) is 0 Å². The van der Waals surface area contributed by atoms with E-state index in [9.17, 15) is 4.79 Å². The number of carbonyl (C=O) groups is 1. The number of fused-ring (bicyclic) bond motifs is 1. The molecule has 0 aromatic heterocycles. The molecule has 0 saturated heterocycles. The highest BCUT2D eigenvalue weighted by Crippen LogP contribution is 2.30. The van der Waals surface area contributed by atoms with Crippen molar-refractivity contribution in [1.29, 1.82) is 0 Å². The zero-order valence-electron chi connectivity index (χ0n) is 14.8. The first kappa shape index (κ1) is 18.0. The fourth-order valence-corrected chi connectivity index (χ4v) is 3.57. The van der Waals surface area contributed by atoms with Gasteiger partial charge in [0.2, 0.25) is 5.91 Å². The number of aryl methyl sites for hydroxylation is 1. The third-order valence-corrected chi connectivity index (χ3v) is 4.98. The SMILES string of the molecule is CCCCCCCCCCCC(=O)N[C@H]1CCc2ccccc21. The third-order valence-electron chi connectivity index (χ3n) is 4.98. The summed E-state index contributed by atoms with van der Waals surface area (Å²) >= 11 is 0. The van der Waals surface area contributed by atoms with Crippen LogP contribution in [0.4, 0.5) is 0 Å². The van der Waals surface area contributed by atoms with Crippen molar-refractivity contribution in [3.05, 3.63) is 35.4 Å². The van der Waals surface area contributed by atoms with Crippen LogP contribution in [0.25, 0.3) is 0 Å². The van der Waals surface area contributed by atoms with E-state index in [2.05, 4.69) is 36.5 Å². The summed E-state index contributed by atoms with van der Waals surface area (Å²) in [6.07, 6.45) is 14.5. The van der Waals surface area contributed by atoms with Crippen molar-refractivity contribution in [3.63, 3.8) is 0 Å². The van der Waals surface area contributed by atoms with Gasteiger partial charge in [0, 0.05) is 6.42 Å². The maximum absolute atomic E-state index is 12.1. The van der Waals surface area contributed by atoms with Crippen LogP contribution in [0.2, 0.25) is 0 Å². The van der Waals surface area contributed by atoms with Crippen molar-refractivity contribution >= 4 is 5.91 Å². The second-order valence-electron chi connectivity index (χ2n) is 6.94. The highest BCUT2D eigenvalue weighted by Gasteiger charge is 2.22.